The number of thiophene rings is 1. The minimum Gasteiger partial charge on any atom is -0.340 e. The summed E-state index contributed by atoms with van der Waals surface area (Å²) < 4.78 is 0.732. The zero-order chi connectivity index (χ0) is 18.5. The van der Waals surface area contributed by atoms with Crippen LogP contribution in [0.1, 0.15) is 17.4 Å². The lowest BCUT2D eigenvalue weighted by molar-refractivity contribution is -0.127. The van der Waals surface area contributed by atoms with Crippen molar-refractivity contribution in [3.05, 3.63) is 51.2 Å². The normalized spacial score (nSPS) is 10.9. The van der Waals surface area contributed by atoms with Gasteiger partial charge in [0.1, 0.15) is 0 Å². The fourth-order valence-corrected chi connectivity index (χ4v) is 4.21. The van der Waals surface area contributed by atoms with Gasteiger partial charge < -0.3 is 4.90 Å². The van der Waals surface area contributed by atoms with Crippen LogP contribution in [0.25, 0.3) is 11.4 Å². The average Bonchev–Trinajstić information content (AvgIpc) is 3.28. The molecule has 0 aliphatic carbocycles. The van der Waals surface area contributed by atoms with Crippen LogP contribution in [0.5, 0.6) is 0 Å². The van der Waals surface area contributed by atoms with Crippen LogP contribution in [-0.2, 0) is 17.8 Å². The molecule has 2 heterocycles. The highest BCUT2D eigenvalue weighted by Crippen LogP contribution is 2.23. The molecule has 8 heteroatoms. The predicted molar refractivity (Wildman–Crippen MR) is 108 cm³/mol. The van der Waals surface area contributed by atoms with Crippen molar-refractivity contribution in [3.8, 4) is 11.4 Å². The van der Waals surface area contributed by atoms with Crippen molar-refractivity contribution in [1.82, 2.24) is 20.1 Å². The number of aromatic nitrogens is 3. The van der Waals surface area contributed by atoms with Crippen LogP contribution < -0.4 is 0 Å². The second-order valence-corrected chi connectivity index (χ2v) is 8.50. The minimum atomic E-state index is 0.0261. The van der Waals surface area contributed by atoms with Crippen molar-refractivity contribution in [2.24, 2.45) is 0 Å². The van der Waals surface area contributed by atoms with E-state index in [-0.39, 0.29) is 5.91 Å². The Morgan fingerprint density at radius 3 is 2.69 bits per heavy atom. The Morgan fingerprint density at radius 1 is 1.27 bits per heavy atom. The van der Waals surface area contributed by atoms with Crippen LogP contribution in [0.4, 0.5) is 0 Å². The largest absolute Gasteiger partial charge is 0.340 e. The van der Waals surface area contributed by atoms with Crippen molar-refractivity contribution in [2.45, 2.75) is 25.0 Å². The van der Waals surface area contributed by atoms with E-state index in [1.165, 1.54) is 28.7 Å². The summed E-state index contributed by atoms with van der Waals surface area (Å²) in [5, 5.41) is 7.70. The topological polar surface area (TPSA) is 61.9 Å². The minimum absolute atomic E-state index is 0.0261. The molecule has 5 nitrogen and oxygen atoms in total. The molecule has 0 aliphatic rings. The SMILES string of the molecule is CCc1ccc(-c2nc(SCC(=O)N(C)Cc3ccc(Cl)s3)n[nH]2)cc1. The zero-order valence-corrected chi connectivity index (χ0v) is 16.9. The average molecular weight is 407 g/mol. The number of aromatic amines is 1. The standard InChI is InChI=1S/C18H19ClN4OS2/c1-3-12-4-6-13(7-5-12)17-20-18(22-21-17)25-11-16(24)23(2)10-14-8-9-15(19)26-14/h4-9H,3,10-11H2,1-2H3,(H,20,21,22). The molecule has 0 fully saturated rings. The Bertz CT molecular complexity index is 875. The molecule has 0 bridgehead atoms. The van der Waals surface area contributed by atoms with E-state index in [1.54, 1.807) is 11.9 Å². The molecule has 0 atom stereocenters. The molecule has 3 aromatic rings. The summed E-state index contributed by atoms with van der Waals surface area (Å²) in [6, 6.07) is 12.0. The van der Waals surface area contributed by atoms with Crippen molar-refractivity contribution in [1.29, 1.82) is 0 Å². The highest BCUT2D eigenvalue weighted by molar-refractivity contribution is 7.99. The molecule has 2 aromatic heterocycles. The Morgan fingerprint density at radius 2 is 2.04 bits per heavy atom. The lowest BCUT2D eigenvalue weighted by Crippen LogP contribution is -2.27. The van der Waals surface area contributed by atoms with Gasteiger partial charge in [-0.25, -0.2) is 4.98 Å². The van der Waals surface area contributed by atoms with Gasteiger partial charge >= 0.3 is 0 Å². The number of hydrogen-bond acceptors (Lipinski definition) is 5. The van der Waals surface area contributed by atoms with Crippen LogP contribution in [0.3, 0.4) is 0 Å². The van der Waals surface area contributed by atoms with Gasteiger partial charge in [0.05, 0.1) is 16.6 Å². The number of nitrogens with one attached hydrogen (secondary N) is 1. The van der Waals surface area contributed by atoms with E-state index in [0.29, 0.717) is 23.3 Å². The molecule has 0 saturated carbocycles. The first-order chi connectivity index (χ1) is 12.5. The molecule has 3 rings (SSSR count). The number of thioether (sulfide) groups is 1. The molecule has 0 unspecified atom stereocenters. The first-order valence-corrected chi connectivity index (χ1v) is 10.4. The van der Waals surface area contributed by atoms with E-state index >= 15 is 0 Å². The van der Waals surface area contributed by atoms with E-state index in [1.807, 2.05) is 24.3 Å². The van der Waals surface area contributed by atoms with Crippen LogP contribution >= 0.6 is 34.7 Å². The number of amides is 1. The molecule has 1 N–H and O–H groups in total. The monoisotopic (exact) mass is 406 g/mol. The highest BCUT2D eigenvalue weighted by atomic mass is 35.5. The third-order valence-corrected chi connectivity index (χ3v) is 5.92. The smallest absolute Gasteiger partial charge is 0.233 e. The van der Waals surface area contributed by atoms with Crippen molar-refractivity contribution in [2.75, 3.05) is 12.8 Å². The van der Waals surface area contributed by atoms with E-state index in [9.17, 15) is 4.79 Å². The van der Waals surface area contributed by atoms with Crippen LogP contribution in [0.2, 0.25) is 4.34 Å². The van der Waals surface area contributed by atoms with Gasteiger partial charge in [-0.2, -0.15) is 0 Å². The lowest BCUT2D eigenvalue weighted by Gasteiger charge is -2.15. The van der Waals surface area contributed by atoms with Crippen molar-refractivity contribution < 1.29 is 4.79 Å². The van der Waals surface area contributed by atoms with Gasteiger partial charge in [-0.3, -0.25) is 9.89 Å². The Labute approximate surface area is 165 Å². The zero-order valence-electron chi connectivity index (χ0n) is 14.5. The van der Waals surface area contributed by atoms with Crippen molar-refractivity contribution in [3.63, 3.8) is 0 Å². The Hall–Kier alpha value is -1.83. The molecule has 0 saturated heterocycles. The second-order valence-electron chi connectivity index (χ2n) is 5.76. The maximum atomic E-state index is 12.3. The summed E-state index contributed by atoms with van der Waals surface area (Å²) in [7, 11) is 1.79. The predicted octanol–water partition coefficient (Wildman–Crippen LogP) is 4.50. The second kappa shape index (κ2) is 8.70. The number of hydrogen-bond donors (Lipinski definition) is 1. The summed E-state index contributed by atoms with van der Waals surface area (Å²) in [5.74, 6) is 1.03. The first-order valence-electron chi connectivity index (χ1n) is 8.18. The van der Waals surface area contributed by atoms with Crippen LogP contribution in [0, 0.1) is 0 Å². The molecule has 0 spiro atoms. The van der Waals surface area contributed by atoms with Crippen LogP contribution in [0.15, 0.2) is 41.6 Å². The fourth-order valence-electron chi connectivity index (χ4n) is 2.33. The number of H-pyrrole nitrogens is 1. The molecule has 0 aliphatic heterocycles. The number of nitrogens with zero attached hydrogens (tertiary/aromatic N) is 3. The summed E-state index contributed by atoms with van der Waals surface area (Å²) in [6.07, 6.45) is 1.01. The number of carbonyl (C=O) groups excluding carboxylic acids is 1. The van der Waals surface area contributed by atoms with E-state index in [2.05, 4.69) is 34.2 Å². The highest BCUT2D eigenvalue weighted by Gasteiger charge is 2.13. The Balaban J connectivity index is 1.54. The lowest BCUT2D eigenvalue weighted by atomic mass is 10.1. The molecule has 26 heavy (non-hydrogen) atoms. The van der Waals surface area contributed by atoms with Gasteiger partial charge in [-0.05, 0) is 24.1 Å². The summed E-state index contributed by atoms with van der Waals surface area (Å²) in [4.78, 5) is 19.5. The number of carbonyl (C=O) groups is 1. The van der Waals surface area contributed by atoms with E-state index in [4.69, 9.17) is 11.6 Å². The summed E-state index contributed by atoms with van der Waals surface area (Å²) >= 11 is 8.74. The van der Waals surface area contributed by atoms with Gasteiger partial charge in [0.25, 0.3) is 0 Å². The molecule has 1 aromatic carbocycles. The van der Waals surface area contributed by atoms with Crippen molar-refractivity contribution >= 4 is 40.6 Å². The number of halogens is 1. The van der Waals surface area contributed by atoms with Gasteiger partial charge in [0, 0.05) is 17.5 Å². The maximum absolute atomic E-state index is 12.3. The summed E-state index contributed by atoms with van der Waals surface area (Å²) in [5.41, 5.74) is 2.27. The molecule has 0 radical (unpaired) electrons. The summed E-state index contributed by atoms with van der Waals surface area (Å²) in [6.45, 7) is 2.68. The van der Waals surface area contributed by atoms with Crippen LogP contribution in [-0.4, -0.2) is 38.8 Å². The van der Waals surface area contributed by atoms with Gasteiger partial charge in [-0.1, -0.05) is 54.6 Å². The van der Waals surface area contributed by atoms with Gasteiger partial charge in [0.2, 0.25) is 11.1 Å². The van der Waals surface area contributed by atoms with Gasteiger partial charge in [0.15, 0.2) is 5.82 Å². The van der Waals surface area contributed by atoms with E-state index < -0.39 is 0 Å². The van der Waals surface area contributed by atoms with E-state index in [0.717, 1.165) is 21.2 Å². The third kappa shape index (κ3) is 4.87. The number of benzene rings is 1. The molecule has 136 valence electrons. The molecular weight excluding hydrogens is 388 g/mol. The molecular formula is C18H19ClN4OS2. The number of aryl methyl sites for hydroxylation is 1. The molecule has 1 amide bonds. The Kier molecular flexibility index (Phi) is 6.34. The number of rotatable bonds is 7. The fraction of sp³-hybridized carbons (Fsp3) is 0.278. The maximum Gasteiger partial charge on any atom is 0.233 e. The third-order valence-electron chi connectivity index (χ3n) is 3.87. The first kappa shape index (κ1) is 18.9. The quantitative estimate of drug-likeness (QED) is 0.587. The van der Waals surface area contributed by atoms with Gasteiger partial charge in [-0.15, -0.1) is 16.4 Å².